The summed E-state index contributed by atoms with van der Waals surface area (Å²) in [5.41, 5.74) is 0.0898. The highest BCUT2D eigenvalue weighted by molar-refractivity contribution is 7.99. The van der Waals surface area contributed by atoms with Crippen molar-refractivity contribution in [2.24, 2.45) is 7.05 Å². The van der Waals surface area contributed by atoms with E-state index in [1.165, 1.54) is 15.9 Å². The maximum atomic E-state index is 13.8. The number of hydrogen-bond donors (Lipinski definition) is 1. The number of thioether (sulfide) groups is 1. The molecule has 146 valence electrons. The van der Waals surface area contributed by atoms with Gasteiger partial charge in [0.05, 0.1) is 21.7 Å². The van der Waals surface area contributed by atoms with Crippen molar-refractivity contribution in [2.45, 2.75) is 19.0 Å². The average molecular weight is 422 g/mol. The predicted molar refractivity (Wildman–Crippen MR) is 107 cm³/mol. The third-order valence-corrected chi connectivity index (χ3v) is 6.27. The number of halogens is 1. The standard InChI is InChI=1S/C17H15FN4O4S2/c1-8-9(2)28-15-14(8)16(24)21(3)17(20-15)27-7-13(23)19-12-6-10(22(25)26)4-5-11(12)18/h4-6H,7H2,1-3H3,(H,19,23). The van der Waals surface area contributed by atoms with Crippen LogP contribution in [0.2, 0.25) is 0 Å². The zero-order valence-corrected chi connectivity index (χ0v) is 16.7. The Morgan fingerprint density at radius 3 is 2.82 bits per heavy atom. The second kappa shape index (κ2) is 7.68. The highest BCUT2D eigenvalue weighted by Crippen LogP contribution is 2.28. The number of rotatable bonds is 5. The number of benzene rings is 1. The van der Waals surface area contributed by atoms with E-state index in [0.29, 0.717) is 15.4 Å². The van der Waals surface area contributed by atoms with Gasteiger partial charge in [-0.2, -0.15) is 0 Å². The summed E-state index contributed by atoms with van der Waals surface area (Å²) in [6, 6.07) is 2.89. The minimum absolute atomic E-state index is 0.142. The normalized spacial score (nSPS) is 11.0. The second-order valence-electron chi connectivity index (χ2n) is 5.98. The molecule has 1 N–H and O–H groups in total. The fourth-order valence-corrected chi connectivity index (χ4v) is 4.37. The summed E-state index contributed by atoms with van der Waals surface area (Å²) < 4.78 is 15.2. The molecule has 0 spiro atoms. The molecule has 0 saturated carbocycles. The minimum atomic E-state index is -0.777. The smallest absolute Gasteiger partial charge is 0.271 e. The maximum Gasteiger partial charge on any atom is 0.271 e. The average Bonchev–Trinajstić information content (AvgIpc) is 2.92. The monoisotopic (exact) mass is 422 g/mol. The van der Waals surface area contributed by atoms with Crippen molar-refractivity contribution in [3.63, 3.8) is 0 Å². The van der Waals surface area contributed by atoms with Gasteiger partial charge < -0.3 is 5.32 Å². The summed E-state index contributed by atoms with van der Waals surface area (Å²) in [5.74, 6) is -1.49. The molecule has 0 aliphatic heterocycles. The number of carbonyl (C=O) groups excluding carboxylic acids is 1. The predicted octanol–water partition coefficient (Wildman–Crippen LogP) is 3.39. The van der Waals surface area contributed by atoms with Gasteiger partial charge in [0.25, 0.3) is 11.2 Å². The molecule has 0 saturated heterocycles. The van der Waals surface area contributed by atoms with Gasteiger partial charge in [-0.15, -0.1) is 11.3 Å². The number of non-ortho nitro benzene ring substituents is 1. The van der Waals surface area contributed by atoms with E-state index in [0.717, 1.165) is 40.4 Å². The van der Waals surface area contributed by atoms with Crippen LogP contribution in [0.5, 0.6) is 0 Å². The number of nitrogens with one attached hydrogen (secondary N) is 1. The van der Waals surface area contributed by atoms with Crippen molar-refractivity contribution >= 4 is 50.6 Å². The number of thiophene rings is 1. The van der Waals surface area contributed by atoms with E-state index in [9.17, 15) is 24.1 Å². The van der Waals surface area contributed by atoms with Crippen molar-refractivity contribution in [1.29, 1.82) is 0 Å². The van der Waals surface area contributed by atoms with Crippen molar-refractivity contribution in [3.05, 3.63) is 54.9 Å². The number of hydrogen-bond acceptors (Lipinski definition) is 7. The van der Waals surface area contributed by atoms with Crippen LogP contribution in [-0.4, -0.2) is 26.1 Å². The van der Waals surface area contributed by atoms with Gasteiger partial charge in [-0.05, 0) is 25.5 Å². The van der Waals surface area contributed by atoms with Gasteiger partial charge in [0, 0.05) is 24.1 Å². The number of carbonyl (C=O) groups is 1. The summed E-state index contributed by atoms with van der Waals surface area (Å²) in [6.07, 6.45) is 0. The lowest BCUT2D eigenvalue weighted by Gasteiger charge is -2.08. The topological polar surface area (TPSA) is 107 Å². The number of aryl methyl sites for hydroxylation is 2. The summed E-state index contributed by atoms with van der Waals surface area (Å²) in [5, 5.41) is 14.0. The lowest BCUT2D eigenvalue weighted by atomic mass is 10.2. The van der Waals surface area contributed by atoms with Gasteiger partial charge in [0.2, 0.25) is 5.91 Å². The first-order valence-electron chi connectivity index (χ1n) is 8.02. The highest BCUT2D eigenvalue weighted by Gasteiger charge is 2.17. The molecule has 0 aliphatic carbocycles. The molecule has 3 aromatic rings. The van der Waals surface area contributed by atoms with Crippen LogP contribution < -0.4 is 10.9 Å². The molecule has 8 nitrogen and oxygen atoms in total. The molecule has 11 heteroatoms. The summed E-state index contributed by atoms with van der Waals surface area (Å²) in [7, 11) is 1.57. The molecule has 0 fully saturated rings. The lowest BCUT2D eigenvalue weighted by molar-refractivity contribution is -0.384. The zero-order chi connectivity index (χ0) is 20.6. The third-order valence-electron chi connectivity index (χ3n) is 4.14. The van der Waals surface area contributed by atoms with Crippen LogP contribution in [0.1, 0.15) is 10.4 Å². The minimum Gasteiger partial charge on any atom is -0.323 e. The molecule has 1 amide bonds. The van der Waals surface area contributed by atoms with Crippen molar-refractivity contribution in [2.75, 3.05) is 11.1 Å². The number of aromatic nitrogens is 2. The van der Waals surface area contributed by atoms with Crippen LogP contribution in [0.15, 0.2) is 28.2 Å². The number of fused-ring (bicyclic) bond motifs is 1. The first kappa shape index (κ1) is 20.0. The maximum absolute atomic E-state index is 13.8. The summed E-state index contributed by atoms with van der Waals surface area (Å²) in [4.78, 5) is 40.9. The summed E-state index contributed by atoms with van der Waals surface area (Å²) >= 11 is 2.43. The Balaban J connectivity index is 1.78. The van der Waals surface area contributed by atoms with Crippen LogP contribution in [0.4, 0.5) is 15.8 Å². The Labute approximate surface area is 166 Å². The molecule has 0 aliphatic rings. The molecular formula is C17H15FN4O4S2. The van der Waals surface area contributed by atoms with Crippen LogP contribution in [0, 0.1) is 29.8 Å². The fourth-order valence-electron chi connectivity index (χ4n) is 2.52. The van der Waals surface area contributed by atoms with E-state index in [1.54, 1.807) is 7.05 Å². The molecular weight excluding hydrogens is 407 g/mol. The number of nitro benzene ring substituents is 1. The Hall–Kier alpha value is -2.79. The van der Waals surface area contributed by atoms with E-state index in [1.807, 2.05) is 13.8 Å². The fraction of sp³-hybridized carbons (Fsp3) is 0.235. The second-order valence-corrected chi connectivity index (χ2v) is 8.13. The molecule has 0 unspecified atom stereocenters. The number of amides is 1. The van der Waals surface area contributed by atoms with Gasteiger partial charge in [-0.3, -0.25) is 24.3 Å². The SMILES string of the molecule is Cc1sc2nc(SCC(=O)Nc3cc([N+](=O)[O-])ccc3F)n(C)c(=O)c2c1C. The largest absolute Gasteiger partial charge is 0.323 e. The lowest BCUT2D eigenvalue weighted by Crippen LogP contribution is -2.21. The molecule has 0 atom stereocenters. The first-order chi connectivity index (χ1) is 13.2. The Bertz CT molecular complexity index is 1170. The quantitative estimate of drug-likeness (QED) is 0.292. The third kappa shape index (κ3) is 3.76. The van der Waals surface area contributed by atoms with Crippen LogP contribution >= 0.6 is 23.1 Å². The van der Waals surface area contributed by atoms with Crippen LogP contribution in [0.25, 0.3) is 10.2 Å². The van der Waals surface area contributed by atoms with Crippen molar-refractivity contribution in [1.82, 2.24) is 9.55 Å². The Morgan fingerprint density at radius 2 is 2.14 bits per heavy atom. The highest BCUT2D eigenvalue weighted by atomic mass is 32.2. The van der Waals surface area contributed by atoms with Gasteiger partial charge in [-0.25, -0.2) is 9.37 Å². The first-order valence-corrected chi connectivity index (χ1v) is 9.82. The molecule has 0 bridgehead atoms. The molecule has 2 heterocycles. The van der Waals surface area contributed by atoms with Crippen molar-refractivity contribution in [3.8, 4) is 0 Å². The van der Waals surface area contributed by atoms with Crippen LogP contribution in [0.3, 0.4) is 0 Å². The van der Waals surface area contributed by atoms with Crippen LogP contribution in [-0.2, 0) is 11.8 Å². The van der Waals surface area contributed by atoms with Gasteiger partial charge >= 0.3 is 0 Å². The Kier molecular flexibility index (Phi) is 5.47. The zero-order valence-electron chi connectivity index (χ0n) is 15.1. The van der Waals surface area contributed by atoms with E-state index >= 15 is 0 Å². The molecule has 1 aromatic carbocycles. The van der Waals surface area contributed by atoms with Gasteiger partial charge in [-0.1, -0.05) is 11.8 Å². The van der Waals surface area contributed by atoms with E-state index in [4.69, 9.17) is 0 Å². The Morgan fingerprint density at radius 1 is 1.43 bits per heavy atom. The number of anilines is 1. The van der Waals surface area contributed by atoms with Gasteiger partial charge in [0.15, 0.2) is 5.16 Å². The summed E-state index contributed by atoms with van der Waals surface area (Å²) in [6.45, 7) is 3.78. The van der Waals surface area contributed by atoms with Gasteiger partial charge in [0.1, 0.15) is 10.6 Å². The van der Waals surface area contributed by atoms with E-state index < -0.39 is 16.6 Å². The number of nitrogens with zero attached hydrogens (tertiary/aromatic N) is 3. The van der Waals surface area contributed by atoms with E-state index in [2.05, 4.69) is 10.3 Å². The molecule has 0 radical (unpaired) electrons. The van der Waals surface area contributed by atoms with E-state index in [-0.39, 0.29) is 22.7 Å². The molecule has 28 heavy (non-hydrogen) atoms. The molecule has 3 rings (SSSR count). The number of nitro groups is 1. The molecule has 2 aromatic heterocycles. The van der Waals surface area contributed by atoms with Crippen molar-refractivity contribution < 1.29 is 14.1 Å².